The molecule has 1 heterocycles. The van der Waals surface area contributed by atoms with Crippen LogP contribution < -0.4 is 15.4 Å². The Morgan fingerprint density at radius 1 is 1.20 bits per heavy atom. The predicted octanol–water partition coefficient (Wildman–Crippen LogP) is 3.60. The van der Waals surface area contributed by atoms with Gasteiger partial charge >= 0.3 is 0 Å². The highest BCUT2D eigenvalue weighted by Crippen LogP contribution is 2.21. The van der Waals surface area contributed by atoms with E-state index in [1.807, 2.05) is 31.2 Å². The van der Waals surface area contributed by atoms with E-state index >= 15 is 0 Å². The van der Waals surface area contributed by atoms with E-state index in [1.165, 1.54) is 12.8 Å². The van der Waals surface area contributed by atoms with Gasteiger partial charge in [0.1, 0.15) is 23.1 Å². The Kier molecular flexibility index (Phi) is 5.48. The molecular formula is C19H24N4O2. The maximum Gasteiger partial charge on any atom is 0.270 e. The Bertz CT molecular complexity index is 725. The number of anilines is 2. The summed E-state index contributed by atoms with van der Waals surface area (Å²) in [4.78, 5) is 21.1. The van der Waals surface area contributed by atoms with Gasteiger partial charge in [-0.1, -0.05) is 12.8 Å². The Morgan fingerprint density at radius 2 is 1.92 bits per heavy atom. The summed E-state index contributed by atoms with van der Waals surface area (Å²) in [6.45, 7) is 4.38. The van der Waals surface area contributed by atoms with Crippen LogP contribution in [-0.2, 0) is 0 Å². The molecule has 1 fully saturated rings. The molecule has 0 bridgehead atoms. The molecule has 0 saturated heterocycles. The third-order valence-corrected chi connectivity index (χ3v) is 4.20. The van der Waals surface area contributed by atoms with Gasteiger partial charge in [0.05, 0.1) is 6.61 Å². The molecule has 132 valence electrons. The summed E-state index contributed by atoms with van der Waals surface area (Å²) < 4.78 is 5.44. The summed E-state index contributed by atoms with van der Waals surface area (Å²) in [5.74, 6) is 1.86. The van der Waals surface area contributed by atoms with E-state index < -0.39 is 0 Å². The van der Waals surface area contributed by atoms with Gasteiger partial charge in [-0.05, 0) is 51.0 Å². The van der Waals surface area contributed by atoms with E-state index in [4.69, 9.17) is 4.74 Å². The van der Waals surface area contributed by atoms with E-state index in [9.17, 15) is 4.79 Å². The molecule has 1 aromatic heterocycles. The van der Waals surface area contributed by atoms with E-state index in [1.54, 1.807) is 13.0 Å². The third-order valence-electron chi connectivity index (χ3n) is 4.20. The van der Waals surface area contributed by atoms with Gasteiger partial charge in [-0.2, -0.15) is 0 Å². The smallest absolute Gasteiger partial charge is 0.270 e. The molecule has 1 aliphatic rings. The number of rotatable bonds is 6. The zero-order chi connectivity index (χ0) is 17.6. The van der Waals surface area contributed by atoms with Crippen molar-refractivity contribution in [1.82, 2.24) is 15.3 Å². The summed E-state index contributed by atoms with van der Waals surface area (Å²) >= 11 is 0. The van der Waals surface area contributed by atoms with Gasteiger partial charge in [-0.15, -0.1) is 0 Å². The highest BCUT2D eigenvalue weighted by molar-refractivity contribution is 5.93. The number of carbonyl (C=O) groups is 1. The minimum absolute atomic E-state index is 0.132. The minimum Gasteiger partial charge on any atom is -0.494 e. The van der Waals surface area contributed by atoms with Crippen LogP contribution >= 0.6 is 0 Å². The SMILES string of the molecule is CCOc1ccc(Nc2cc(C(=O)NC3CCCC3)nc(C)n2)cc1. The quantitative estimate of drug-likeness (QED) is 0.840. The highest BCUT2D eigenvalue weighted by atomic mass is 16.5. The predicted molar refractivity (Wildman–Crippen MR) is 97.4 cm³/mol. The number of nitrogens with zero attached hydrogens (tertiary/aromatic N) is 2. The topological polar surface area (TPSA) is 76.1 Å². The van der Waals surface area contributed by atoms with Crippen molar-refractivity contribution in [2.45, 2.75) is 45.6 Å². The van der Waals surface area contributed by atoms with Crippen molar-refractivity contribution in [2.75, 3.05) is 11.9 Å². The molecule has 1 aliphatic carbocycles. The molecule has 6 nitrogen and oxygen atoms in total. The van der Waals surface area contributed by atoms with Gasteiger partial charge in [0.15, 0.2) is 0 Å². The molecule has 0 atom stereocenters. The molecule has 0 aliphatic heterocycles. The summed E-state index contributed by atoms with van der Waals surface area (Å²) in [5.41, 5.74) is 1.27. The molecular weight excluding hydrogens is 316 g/mol. The van der Waals surface area contributed by atoms with E-state index in [0.717, 1.165) is 24.3 Å². The lowest BCUT2D eigenvalue weighted by molar-refractivity contribution is 0.0932. The molecule has 3 rings (SSSR count). The molecule has 0 radical (unpaired) electrons. The molecule has 6 heteroatoms. The lowest BCUT2D eigenvalue weighted by Crippen LogP contribution is -2.33. The fourth-order valence-electron chi connectivity index (χ4n) is 3.03. The Balaban J connectivity index is 1.71. The number of carbonyl (C=O) groups excluding carboxylic acids is 1. The largest absolute Gasteiger partial charge is 0.494 e. The van der Waals surface area contributed by atoms with Crippen LogP contribution in [0.2, 0.25) is 0 Å². The van der Waals surface area contributed by atoms with Crippen molar-refractivity contribution in [2.24, 2.45) is 0 Å². The fourth-order valence-corrected chi connectivity index (χ4v) is 3.03. The van der Waals surface area contributed by atoms with Crippen LogP contribution in [-0.4, -0.2) is 28.5 Å². The minimum atomic E-state index is -0.132. The number of hydrogen-bond acceptors (Lipinski definition) is 5. The first-order chi connectivity index (χ1) is 12.1. The average molecular weight is 340 g/mol. The Hall–Kier alpha value is -2.63. The molecule has 1 saturated carbocycles. The second-order valence-electron chi connectivity index (χ2n) is 6.22. The second-order valence-corrected chi connectivity index (χ2v) is 6.22. The van der Waals surface area contributed by atoms with Crippen LogP contribution in [0.4, 0.5) is 11.5 Å². The molecule has 1 amide bonds. The summed E-state index contributed by atoms with van der Waals surface area (Å²) in [7, 11) is 0. The van der Waals surface area contributed by atoms with E-state index in [0.29, 0.717) is 23.9 Å². The number of benzene rings is 1. The second kappa shape index (κ2) is 7.96. The van der Waals surface area contributed by atoms with Crippen LogP contribution in [0.3, 0.4) is 0 Å². The summed E-state index contributed by atoms with van der Waals surface area (Å²) in [6.07, 6.45) is 4.46. The molecule has 0 unspecified atom stereocenters. The Labute approximate surface area is 148 Å². The maximum absolute atomic E-state index is 12.4. The van der Waals surface area contributed by atoms with Crippen molar-refractivity contribution >= 4 is 17.4 Å². The zero-order valence-electron chi connectivity index (χ0n) is 14.7. The van der Waals surface area contributed by atoms with Gasteiger partial charge in [-0.3, -0.25) is 4.79 Å². The molecule has 0 spiro atoms. The standard InChI is InChI=1S/C19H24N4O2/c1-3-25-16-10-8-15(9-11-16)22-18-12-17(20-13(2)21-18)19(24)23-14-6-4-5-7-14/h8-12,14H,3-7H2,1-2H3,(H,23,24)(H,20,21,22). The molecule has 2 aromatic rings. The van der Waals surface area contributed by atoms with Gasteiger partial charge in [-0.25, -0.2) is 9.97 Å². The van der Waals surface area contributed by atoms with Crippen molar-refractivity contribution in [3.63, 3.8) is 0 Å². The number of nitrogens with one attached hydrogen (secondary N) is 2. The van der Waals surface area contributed by atoms with Crippen molar-refractivity contribution in [3.05, 3.63) is 41.9 Å². The summed E-state index contributed by atoms with van der Waals surface area (Å²) in [5, 5.41) is 6.28. The first kappa shape index (κ1) is 17.2. The number of aryl methyl sites for hydroxylation is 1. The van der Waals surface area contributed by atoms with Gasteiger partial charge in [0, 0.05) is 17.8 Å². The number of hydrogen-bond donors (Lipinski definition) is 2. The lowest BCUT2D eigenvalue weighted by Gasteiger charge is -2.13. The first-order valence-electron chi connectivity index (χ1n) is 8.80. The summed E-state index contributed by atoms with van der Waals surface area (Å²) in [6, 6.07) is 9.58. The van der Waals surface area contributed by atoms with Crippen LogP contribution in [0.25, 0.3) is 0 Å². The molecule has 2 N–H and O–H groups in total. The first-order valence-corrected chi connectivity index (χ1v) is 8.80. The maximum atomic E-state index is 12.4. The lowest BCUT2D eigenvalue weighted by atomic mass is 10.2. The molecule has 25 heavy (non-hydrogen) atoms. The van der Waals surface area contributed by atoms with Crippen LogP contribution in [0, 0.1) is 6.92 Å². The van der Waals surface area contributed by atoms with Crippen LogP contribution in [0.15, 0.2) is 30.3 Å². The fraction of sp³-hybridized carbons (Fsp3) is 0.421. The number of ether oxygens (including phenoxy) is 1. The van der Waals surface area contributed by atoms with Crippen molar-refractivity contribution in [3.8, 4) is 5.75 Å². The van der Waals surface area contributed by atoms with Gasteiger partial charge < -0.3 is 15.4 Å². The van der Waals surface area contributed by atoms with Crippen LogP contribution in [0.1, 0.15) is 48.9 Å². The Morgan fingerprint density at radius 3 is 2.60 bits per heavy atom. The van der Waals surface area contributed by atoms with Crippen LogP contribution in [0.5, 0.6) is 5.75 Å². The zero-order valence-corrected chi connectivity index (χ0v) is 14.7. The number of amides is 1. The van der Waals surface area contributed by atoms with Gasteiger partial charge in [0.25, 0.3) is 5.91 Å². The molecule has 1 aromatic carbocycles. The van der Waals surface area contributed by atoms with E-state index in [-0.39, 0.29) is 11.9 Å². The third kappa shape index (κ3) is 4.68. The number of aromatic nitrogens is 2. The monoisotopic (exact) mass is 340 g/mol. The van der Waals surface area contributed by atoms with E-state index in [2.05, 4.69) is 20.6 Å². The van der Waals surface area contributed by atoms with Gasteiger partial charge in [0.2, 0.25) is 0 Å². The average Bonchev–Trinajstić information content (AvgIpc) is 3.09. The highest BCUT2D eigenvalue weighted by Gasteiger charge is 2.19. The van der Waals surface area contributed by atoms with Crippen molar-refractivity contribution in [1.29, 1.82) is 0 Å². The van der Waals surface area contributed by atoms with Crippen molar-refractivity contribution < 1.29 is 9.53 Å². The normalized spacial score (nSPS) is 14.3.